The lowest BCUT2D eigenvalue weighted by Gasteiger charge is -2.22. The van der Waals surface area contributed by atoms with Gasteiger partial charge in [0, 0.05) is 17.0 Å². The standard InChI is InChI=1S/C11H16N4S/c1-8-5-9(6-12)15-10(14-8)13-7-11(2,3)16-4/h5H,7H2,1-4H3,(H,13,14,15). The molecule has 0 amide bonds. The second kappa shape index (κ2) is 5.17. The smallest absolute Gasteiger partial charge is 0.224 e. The van der Waals surface area contributed by atoms with E-state index in [-0.39, 0.29) is 4.75 Å². The fraction of sp³-hybridized carbons (Fsp3) is 0.545. The summed E-state index contributed by atoms with van der Waals surface area (Å²) in [6, 6.07) is 3.69. The average Bonchev–Trinajstić information content (AvgIpc) is 2.26. The van der Waals surface area contributed by atoms with E-state index in [0.717, 1.165) is 12.2 Å². The van der Waals surface area contributed by atoms with Crippen LogP contribution in [0, 0.1) is 18.3 Å². The summed E-state index contributed by atoms with van der Waals surface area (Å²) >= 11 is 1.78. The van der Waals surface area contributed by atoms with E-state index in [1.807, 2.05) is 13.0 Å². The number of hydrogen-bond acceptors (Lipinski definition) is 5. The first-order valence-corrected chi connectivity index (χ1v) is 6.24. The van der Waals surface area contributed by atoms with Crippen LogP contribution in [-0.2, 0) is 0 Å². The van der Waals surface area contributed by atoms with Crippen LogP contribution in [0.15, 0.2) is 6.07 Å². The largest absolute Gasteiger partial charge is 0.353 e. The molecule has 0 radical (unpaired) electrons. The number of nitrogens with zero attached hydrogens (tertiary/aromatic N) is 3. The molecule has 16 heavy (non-hydrogen) atoms. The predicted octanol–water partition coefficient (Wildman–Crippen LogP) is 2.21. The van der Waals surface area contributed by atoms with Gasteiger partial charge in [0.05, 0.1) is 0 Å². The molecule has 0 saturated heterocycles. The molecule has 0 bridgehead atoms. The minimum absolute atomic E-state index is 0.125. The molecule has 0 aliphatic rings. The molecule has 1 aromatic rings. The van der Waals surface area contributed by atoms with Crippen molar-refractivity contribution in [3.8, 4) is 6.07 Å². The van der Waals surface area contributed by atoms with Gasteiger partial charge in [-0.2, -0.15) is 17.0 Å². The third-order valence-electron chi connectivity index (χ3n) is 2.19. The normalized spacial score (nSPS) is 10.9. The van der Waals surface area contributed by atoms with Crippen LogP contribution in [0.4, 0.5) is 5.95 Å². The summed E-state index contributed by atoms with van der Waals surface area (Å²) in [5.74, 6) is 0.527. The van der Waals surface area contributed by atoms with Gasteiger partial charge in [0.15, 0.2) is 0 Å². The van der Waals surface area contributed by atoms with Crippen LogP contribution in [0.2, 0.25) is 0 Å². The molecule has 1 aromatic heterocycles. The molecule has 0 atom stereocenters. The first-order chi connectivity index (χ1) is 7.46. The third-order valence-corrected chi connectivity index (χ3v) is 3.44. The van der Waals surface area contributed by atoms with Gasteiger partial charge in [-0.25, -0.2) is 9.97 Å². The van der Waals surface area contributed by atoms with E-state index < -0.39 is 0 Å². The number of nitriles is 1. The summed E-state index contributed by atoms with van der Waals surface area (Å²) in [5.41, 5.74) is 1.20. The quantitative estimate of drug-likeness (QED) is 0.868. The van der Waals surface area contributed by atoms with Crippen molar-refractivity contribution < 1.29 is 0 Å². The van der Waals surface area contributed by atoms with E-state index >= 15 is 0 Å². The molecule has 0 aliphatic carbocycles. The van der Waals surface area contributed by atoms with Crippen molar-refractivity contribution in [1.29, 1.82) is 5.26 Å². The van der Waals surface area contributed by atoms with E-state index in [9.17, 15) is 0 Å². The minimum atomic E-state index is 0.125. The third kappa shape index (κ3) is 3.70. The van der Waals surface area contributed by atoms with E-state index in [4.69, 9.17) is 5.26 Å². The van der Waals surface area contributed by atoms with Gasteiger partial charge >= 0.3 is 0 Å². The van der Waals surface area contributed by atoms with Gasteiger partial charge in [0.25, 0.3) is 0 Å². The first kappa shape index (κ1) is 12.8. The minimum Gasteiger partial charge on any atom is -0.353 e. The van der Waals surface area contributed by atoms with Crippen molar-refractivity contribution in [2.24, 2.45) is 0 Å². The Morgan fingerprint density at radius 2 is 2.19 bits per heavy atom. The second-order valence-corrected chi connectivity index (χ2v) is 5.66. The summed E-state index contributed by atoms with van der Waals surface area (Å²) in [7, 11) is 0. The predicted molar refractivity (Wildman–Crippen MR) is 67.6 cm³/mol. The fourth-order valence-corrected chi connectivity index (χ4v) is 1.29. The molecule has 1 N–H and O–H groups in total. The molecule has 0 aliphatic heterocycles. The summed E-state index contributed by atoms with van der Waals surface area (Å²) in [4.78, 5) is 8.33. The number of rotatable bonds is 4. The van der Waals surface area contributed by atoms with Gasteiger partial charge in [-0.05, 0) is 33.1 Å². The molecular formula is C11H16N4S. The summed E-state index contributed by atoms with van der Waals surface area (Å²) in [6.45, 7) is 6.91. The number of aromatic nitrogens is 2. The molecule has 1 heterocycles. The molecule has 0 aromatic carbocycles. The lowest BCUT2D eigenvalue weighted by molar-refractivity contribution is 0.746. The number of anilines is 1. The van der Waals surface area contributed by atoms with Crippen molar-refractivity contribution >= 4 is 17.7 Å². The Morgan fingerprint density at radius 3 is 2.75 bits per heavy atom. The highest BCUT2D eigenvalue weighted by molar-refractivity contribution is 7.99. The highest BCUT2D eigenvalue weighted by Gasteiger charge is 2.16. The van der Waals surface area contributed by atoms with Crippen molar-refractivity contribution in [3.05, 3.63) is 17.5 Å². The maximum Gasteiger partial charge on any atom is 0.224 e. The molecule has 86 valence electrons. The van der Waals surface area contributed by atoms with Crippen molar-refractivity contribution in [3.63, 3.8) is 0 Å². The van der Waals surface area contributed by atoms with Crippen molar-refractivity contribution in [2.45, 2.75) is 25.5 Å². The Kier molecular flexibility index (Phi) is 4.13. The Balaban J connectivity index is 2.75. The van der Waals surface area contributed by atoms with Gasteiger partial charge in [-0.1, -0.05) is 0 Å². The Labute approximate surface area is 100 Å². The Bertz CT molecular complexity index is 409. The summed E-state index contributed by atoms with van der Waals surface area (Å²) < 4.78 is 0.125. The second-order valence-electron chi connectivity index (χ2n) is 4.15. The lowest BCUT2D eigenvalue weighted by Crippen LogP contribution is -2.26. The molecular weight excluding hydrogens is 220 g/mol. The maximum absolute atomic E-state index is 8.79. The van der Waals surface area contributed by atoms with Crippen LogP contribution >= 0.6 is 11.8 Å². The molecule has 0 fully saturated rings. The van der Waals surface area contributed by atoms with Crippen LogP contribution < -0.4 is 5.32 Å². The van der Waals surface area contributed by atoms with Crippen LogP contribution in [0.5, 0.6) is 0 Å². The van der Waals surface area contributed by atoms with E-state index in [2.05, 4.69) is 35.4 Å². The number of aryl methyl sites for hydroxylation is 1. The monoisotopic (exact) mass is 236 g/mol. The summed E-state index contributed by atoms with van der Waals surface area (Å²) in [6.07, 6.45) is 2.07. The van der Waals surface area contributed by atoms with Crippen LogP contribution in [0.25, 0.3) is 0 Å². The molecule has 1 rings (SSSR count). The highest BCUT2D eigenvalue weighted by Crippen LogP contribution is 2.21. The van der Waals surface area contributed by atoms with Gasteiger partial charge in [-0.15, -0.1) is 0 Å². The fourth-order valence-electron chi connectivity index (χ4n) is 1.07. The van der Waals surface area contributed by atoms with Crippen molar-refractivity contribution in [1.82, 2.24) is 9.97 Å². The lowest BCUT2D eigenvalue weighted by atomic mass is 10.2. The average molecular weight is 236 g/mol. The van der Waals surface area contributed by atoms with E-state index in [1.165, 1.54) is 0 Å². The Morgan fingerprint density at radius 1 is 1.50 bits per heavy atom. The zero-order chi connectivity index (χ0) is 12.2. The van der Waals surface area contributed by atoms with E-state index in [0.29, 0.717) is 11.6 Å². The van der Waals surface area contributed by atoms with Crippen LogP contribution in [0.3, 0.4) is 0 Å². The number of thioether (sulfide) groups is 1. The SMILES string of the molecule is CSC(C)(C)CNc1nc(C)cc(C#N)n1. The summed E-state index contributed by atoms with van der Waals surface area (Å²) in [5, 5.41) is 11.9. The number of nitrogens with one attached hydrogen (secondary N) is 1. The highest BCUT2D eigenvalue weighted by atomic mass is 32.2. The maximum atomic E-state index is 8.79. The molecule has 0 unspecified atom stereocenters. The first-order valence-electron chi connectivity index (χ1n) is 5.01. The van der Waals surface area contributed by atoms with E-state index in [1.54, 1.807) is 17.8 Å². The van der Waals surface area contributed by atoms with Gasteiger partial charge in [0.2, 0.25) is 5.95 Å². The molecule has 0 spiro atoms. The Hall–Kier alpha value is -1.28. The van der Waals surface area contributed by atoms with Crippen LogP contribution in [0.1, 0.15) is 25.2 Å². The molecule has 4 nitrogen and oxygen atoms in total. The van der Waals surface area contributed by atoms with Gasteiger partial charge in [-0.3, -0.25) is 0 Å². The zero-order valence-electron chi connectivity index (χ0n) is 10.0. The number of hydrogen-bond donors (Lipinski definition) is 1. The van der Waals surface area contributed by atoms with Gasteiger partial charge < -0.3 is 5.32 Å². The zero-order valence-corrected chi connectivity index (χ0v) is 10.9. The topological polar surface area (TPSA) is 61.6 Å². The molecule has 5 heteroatoms. The molecule has 0 saturated carbocycles. The van der Waals surface area contributed by atoms with Gasteiger partial charge in [0.1, 0.15) is 11.8 Å². The van der Waals surface area contributed by atoms with Crippen LogP contribution in [-0.4, -0.2) is 27.5 Å². The van der Waals surface area contributed by atoms with Crippen molar-refractivity contribution in [2.75, 3.05) is 18.1 Å².